The molecule has 0 bridgehead atoms. The van der Waals surface area contributed by atoms with Crippen molar-refractivity contribution in [1.82, 2.24) is 5.32 Å². The van der Waals surface area contributed by atoms with Gasteiger partial charge >= 0.3 is 6.09 Å². The zero-order valence-electron chi connectivity index (χ0n) is 12.6. The lowest BCUT2D eigenvalue weighted by Gasteiger charge is -2.18. The summed E-state index contributed by atoms with van der Waals surface area (Å²) in [6, 6.07) is 7.11. The van der Waals surface area contributed by atoms with Gasteiger partial charge in [-0.3, -0.25) is 14.5 Å². The second-order valence-corrected chi connectivity index (χ2v) is 4.97. The Morgan fingerprint density at radius 2 is 2.14 bits per heavy atom. The Balaban J connectivity index is 2.06. The SMILES string of the molecule is CCC(=O)N(C)c1ccc(N2C[C@H](CNC=O)OC2=O)cc1. The molecular formula is C15H19N3O4. The van der Waals surface area contributed by atoms with Crippen LogP contribution in [0.1, 0.15) is 13.3 Å². The molecule has 1 heterocycles. The molecule has 3 amide bonds. The summed E-state index contributed by atoms with van der Waals surface area (Å²) in [5, 5.41) is 2.50. The van der Waals surface area contributed by atoms with Gasteiger partial charge < -0.3 is 15.0 Å². The summed E-state index contributed by atoms with van der Waals surface area (Å²) < 4.78 is 5.16. The quantitative estimate of drug-likeness (QED) is 0.799. The molecule has 1 aliphatic heterocycles. The molecular weight excluding hydrogens is 286 g/mol. The molecule has 0 unspecified atom stereocenters. The van der Waals surface area contributed by atoms with Gasteiger partial charge in [-0.15, -0.1) is 0 Å². The lowest BCUT2D eigenvalue weighted by atomic mass is 10.2. The van der Waals surface area contributed by atoms with Gasteiger partial charge in [0.2, 0.25) is 12.3 Å². The number of benzene rings is 1. The van der Waals surface area contributed by atoms with Crippen LogP contribution in [0.4, 0.5) is 16.2 Å². The van der Waals surface area contributed by atoms with Gasteiger partial charge in [-0.05, 0) is 24.3 Å². The van der Waals surface area contributed by atoms with Crippen LogP contribution in [0.3, 0.4) is 0 Å². The van der Waals surface area contributed by atoms with Gasteiger partial charge in [-0.1, -0.05) is 6.92 Å². The standard InChI is InChI=1S/C15H19N3O4/c1-3-14(20)17(2)11-4-6-12(7-5-11)18-9-13(8-16-10-19)22-15(18)21/h4-7,10,13H,3,8-9H2,1-2H3,(H,16,19)/t13-/m0/s1. The summed E-state index contributed by atoms with van der Waals surface area (Å²) in [6.07, 6.45) is 0.207. The maximum Gasteiger partial charge on any atom is 0.414 e. The molecule has 118 valence electrons. The van der Waals surface area contributed by atoms with E-state index in [1.165, 1.54) is 4.90 Å². The summed E-state index contributed by atoms with van der Waals surface area (Å²) in [6.45, 7) is 2.47. The fourth-order valence-electron chi connectivity index (χ4n) is 2.26. The topological polar surface area (TPSA) is 79.0 Å². The van der Waals surface area contributed by atoms with Crippen LogP contribution in [-0.2, 0) is 14.3 Å². The number of carbonyl (C=O) groups excluding carboxylic acids is 3. The van der Waals surface area contributed by atoms with Gasteiger partial charge in [0.25, 0.3) is 0 Å². The molecule has 7 nitrogen and oxygen atoms in total. The Morgan fingerprint density at radius 3 is 2.73 bits per heavy atom. The molecule has 1 aromatic carbocycles. The van der Waals surface area contributed by atoms with Crippen molar-refractivity contribution < 1.29 is 19.1 Å². The van der Waals surface area contributed by atoms with Gasteiger partial charge in [0, 0.05) is 24.8 Å². The minimum Gasteiger partial charge on any atom is -0.442 e. The highest BCUT2D eigenvalue weighted by Gasteiger charge is 2.32. The summed E-state index contributed by atoms with van der Waals surface area (Å²) in [4.78, 5) is 36.9. The minimum atomic E-state index is -0.441. The van der Waals surface area contributed by atoms with Gasteiger partial charge in [0.05, 0.1) is 13.1 Å². The second-order valence-electron chi connectivity index (χ2n) is 4.97. The van der Waals surface area contributed by atoms with E-state index in [0.29, 0.717) is 25.1 Å². The maximum atomic E-state index is 11.8. The Morgan fingerprint density at radius 1 is 1.45 bits per heavy atom. The van der Waals surface area contributed by atoms with Gasteiger partial charge in [0.15, 0.2) is 0 Å². The van der Waals surface area contributed by atoms with E-state index in [0.717, 1.165) is 5.69 Å². The van der Waals surface area contributed by atoms with Crippen molar-refractivity contribution in [3.05, 3.63) is 24.3 Å². The first-order valence-corrected chi connectivity index (χ1v) is 7.08. The summed E-state index contributed by atoms with van der Waals surface area (Å²) >= 11 is 0. The lowest BCUT2D eigenvalue weighted by molar-refractivity contribution is -0.118. The molecule has 22 heavy (non-hydrogen) atoms. The van der Waals surface area contributed by atoms with Crippen molar-refractivity contribution in [3.8, 4) is 0 Å². The fourth-order valence-corrected chi connectivity index (χ4v) is 2.26. The number of ether oxygens (including phenoxy) is 1. The van der Waals surface area contributed by atoms with Crippen molar-refractivity contribution in [3.63, 3.8) is 0 Å². The Hall–Kier alpha value is -2.57. The number of nitrogens with one attached hydrogen (secondary N) is 1. The van der Waals surface area contributed by atoms with E-state index >= 15 is 0 Å². The molecule has 0 saturated carbocycles. The third-order valence-electron chi connectivity index (χ3n) is 3.53. The van der Waals surface area contributed by atoms with Crippen molar-refractivity contribution >= 4 is 29.8 Å². The number of hydrogen-bond acceptors (Lipinski definition) is 4. The molecule has 1 saturated heterocycles. The number of carbonyl (C=O) groups is 3. The van der Waals surface area contributed by atoms with E-state index in [2.05, 4.69) is 5.32 Å². The van der Waals surface area contributed by atoms with Gasteiger partial charge in [-0.2, -0.15) is 0 Å². The molecule has 0 aliphatic carbocycles. The number of nitrogens with zero attached hydrogens (tertiary/aromatic N) is 2. The van der Waals surface area contributed by atoms with E-state index < -0.39 is 6.09 Å². The number of anilines is 2. The highest BCUT2D eigenvalue weighted by molar-refractivity contribution is 5.94. The zero-order chi connectivity index (χ0) is 16.1. The zero-order valence-corrected chi connectivity index (χ0v) is 12.6. The molecule has 0 radical (unpaired) electrons. The van der Waals surface area contributed by atoms with E-state index in [-0.39, 0.29) is 18.6 Å². The first kappa shape index (κ1) is 15.8. The predicted molar refractivity (Wildman–Crippen MR) is 81.8 cm³/mol. The molecule has 7 heteroatoms. The molecule has 0 aromatic heterocycles. The minimum absolute atomic E-state index is 0.0216. The number of rotatable bonds is 6. The average Bonchev–Trinajstić information content (AvgIpc) is 2.92. The molecule has 1 fully saturated rings. The van der Waals surface area contributed by atoms with E-state index in [1.807, 2.05) is 0 Å². The number of amides is 3. The summed E-state index contributed by atoms with van der Waals surface area (Å²) in [7, 11) is 1.71. The van der Waals surface area contributed by atoms with Crippen molar-refractivity contribution in [2.45, 2.75) is 19.4 Å². The first-order valence-electron chi connectivity index (χ1n) is 7.08. The lowest BCUT2D eigenvalue weighted by Crippen LogP contribution is -2.30. The van der Waals surface area contributed by atoms with Crippen LogP contribution in [0.15, 0.2) is 24.3 Å². The summed E-state index contributed by atoms with van der Waals surface area (Å²) in [5.41, 5.74) is 1.46. The Kier molecular flexibility index (Phi) is 4.98. The smallest absolute Gasteiger partial charge is 0.414 e. The number of hydrogen-bond donors (Lipinski definition) is 1. The van der Waals surface area contributed by atoms with Crippen molar-refractivity contribution in [2.24, 2.45) is 0 Å². The van der Waals surface area contributed by atoms with Gasteiger partial charge in [0.1, 0.15) is 6.10 Å². The van der Waals surface area contributed by atoms with E-state index in [9.17, 15) is 14.4 Å². The molecule has 1 aliphatic rings. The maximum absolute atomic E-state index is 11.8. The predicted octanol–water partition coefficient (Wildman–Crippen LogP) is 1.13. The first-order chi connectivity index (χ1) is 10.6. The molecule has 1 N–H and O–H groups in total. The largest absolute Gasteiger partial charge is 0.442 e. The van der Waals surface area contributed by atoms with Crippen LogP contribution in [0.25, 0.3) is 0 Å². The normalized spacial score (nSPS) is 17.1. The van der Waals surface area contributed by atoms with E-state index in [4.69, 9.17) is 4.74 Å². The van der Waals surface area contributed by atoms with Crippen LogP contribution in [-0.4, -0.2) is 44.7 Å². The van der Waals surface area contributed by atoms with E-state index in [1.54, 1.807) is 43.1 Å². The Labute approximate surface area is 128 Å². The van der Waals surface area contributed by atoms with Crippen molar-refractivity contribution in [1.29, 1.82) is 0 Å². The monoisotopic (exact) mass is 305 g/mol. The third-order valence-corrected chi connectivity index (χ3v) is 3.53. The third kappa shape index (κ3) is 3.36. The highest BCUT2D eigenvalue weighted by Crippen LogP contribution is 2.24. The van der Waals surface area contributed by atoms with Crippen LogP contribution in [0.2, 0.25) is 0 Å². The highest BCUT2D eigenvalue weighted by atomic mass is 16.6. The molecule has 1 aromatic rings. The fraction of sp³-hybridized carbons (Fsp3) is 0.400. The number of cyclic esters (lactones) is 1. The Bertz CT molecular complexity index is 558. The van der Waals surface area contributed by atoms with Crippen LogP contribution >= 0.6 is 0 Å². The second kappa shape index (κ2) is 6.93. The van der Waals surface area contributed by atoms with Crippen LogP contribution in [0, 0.1) is 0 Å². The van der Waals surface area contributed by atoms with Crippen molar-refractivity contribution in [2.75, 3.05) is 29.9 Å². The van der Waals surface area contributed by atoms with Gasteiger partial charge in [-0.25, -0.2) is 4.79 Å². The molecule has 2 rings (SSSR count). The summed E-state index contributed by atoms with van der Waals surface area (Å²) in [5.74, 6) is 0.0216. The van der Waals surface area contributed by atoms with Crippen LogP contribution < -0.4 is 15.1 Å². The molecule has 1 atom stereocenters. The average molecular weight is 305 g/mol. The molecule has 0 spiro atoms. The van der Waals surface area contributed by atoms with Crippen LogP contribution in [0.5, 0.6) is 0 Å².